The third kappa shape index (κ3) is 2.39. The average Bonchev–Trinajstić information content (AvgIpc) is 2.28. The van der Waals surface area contributed by atoms with Gasteiger partial charge in [0.2, 0.25) is 0 Å². The van der Waals surface area contributed by atoms with Crippen molar-refractivity contribution < 1.29 is 9.53 Å². The maximum atomic E-state index is 12.1. The molecule has 2 rings (SSSR count). The Bertz CT molecular complexity index is 376. The summed E-state index contributed by atoms with van der Waals surface area (Å²) in [7, 11) is 0. The zero-order valence-electron chi connectivity index (χ0n) is 9.64. The topological polar surface area (TPSA) is 42.4 Å². The smallest absolute Gasteiger partial charge is 0.272 e. The van der Waals surface area contributed by atoms with Gasteiger partial charge in [-0.15, -0.1) is 0 Å². The van der Waals surface area contributed by atoms with Gasteiger partial charge in [0.15, 0.2) is 0 Å². The molecule has 86 valence electrons. The second kappa shape index (κ2) is 4.22. The van der Waals surface area contributed by atoms with Crippen molar-refractivity contribution in [3.8, 4) is 0 Å². The molecule has 0 N–H and O–H groups in total. The van der Waals surface area contributed by atoms with Crippen LogP contribution in [0.5, 0.6) is 0 Å². The number of carbonyl (C=O) groups excluding carboxylic acids is 1. The Kier molecular flexibility index (Phi) is 2.92. The number of amides is 1. The Morgan fingerprint density at radius 1 is 1.50 bits per heavy atom. The maximum Gasteiger partial charge on any atom is 0.272 e. The van der Waals surface area contributed by atoms with Crippen molar-refractivity contribution in [2.45, 2.75) is 19.4 Å². The minimum Gasteiger partial charge on any atom is -0.372 e. The van der Waals surface area contributed by atoms with Crippen LogP contribution in [0.2, 0.25) is 0 Å². The summed E-state index contributed by atoms with van der Waals surface area (Å²) in [5, 5.41) is 0. The summed E-state index contributed by atoms with van der Waals surface area (Å²) < 4.78 is 5.57. The van der Waals surface area contributed by atoms with E-state index in [1.807, 2.05) is 19.9 Å². The van der Waals surface area contributed by atoms with Crippen LogP contribution in [0.25, 0.3) is 0 Å². The molecule has 2 heterocycles. The molecule has 1 aliphatic rings. The number of hydrogen-bond acceptors (Lipinski definition) is 3. The molecule has 1 fully saturated rings. The van der Waals surface area contributed by atoms with E-state index in [1.165, 1.54) is 0 Å². The molecule has 1 aromatic rings. The molecule has 4 heteroatoms. The van der Waals surface area contributed by atoms with Crippen molar-refractivity contribution in [1.29, 1.82) is 0 Å². The van der Waals surface area contributed by atoms with Gasteiger partial charge in [-0.05, 0) is 26.0 Å². The Morgan fingerprint density at radius 2 is 2.31 bits per heavy atom. The van der Waals surface area contributed by atoms with Crippen molar-refractivity contribution >= 4 is 5.91 Å². The van der Waals surface area contributed by atoms with Crippen LogP contribution >= 0.6 is 0 Å². The monoisotopic (exact) mass is 220 g/mol. The lowest BCUT2D eigenvalue weighted by atomic mass is 10.1. The molecule has 0 aromatic carbocycles. The van der Waals surface area contributed by atoms with E-state index >= 15 is 0 Å². The molecule has 16 heavy (non-hydrogen) atoms. The van der Waals surface area contributed by atoms with E-state index in [9.17, 15) is 4.79 Å². The number of nitrogens with zero attached hydrogens (tertiary/aromatic N) is 2. The maximum absolute atomic E-state index is 12.1. The first-order valence-corrected chi connectivity index (χ1v) is 5.43. The van der Waals surface area contributed by atoms with Crippen LogP contribution in [0.1, 0.15) is 24.3 Å². The van der Waals surface area contributed by atoms with E-state index in [4.69, 9.17) is 4.74 Å². The van der Waals surface area contributed by atoms with Gasteiger partial charge in [0.1, 0.15) is 5.69 Å². The first-order chi connectivity index (χ1) is 7.58. The number of morpholine rings is 1. The van der Waals surface area contributed by atoms with Crippen molar-refractivity contribution in [2.75, 3.05) is 19.7 Å². The van der Waals surface area contributed by atoms with Crippen LogP contribution in [-0.2, 0) is 4.74 Å². The second-order valence-corrected chi connectivity index (χ2v) is 4.55. The molecule has 1 aromatic heterocycles. The molecule has 1 amide bonds. The number of pyridine rings is 1. The van der Waals surface area contributed by atoms with Crippen LogP contribution in [-0.4, -0.2) is 41.1 Å². The SMILES string of the molecule is CC1(C)CN(C(=O)c2ccccn2)CCO1. The van der Waals surface area contributed by atoms with Gasteiger partial charge in [-0.1, -0.05) is 6.07 Å². The highest BCUT2D eigenvalue weighted by atomic mass is 16.5. The first-order valence-electron chi connectivity index (χ1n) is 5.43. The summed E-state index contributed by atoms with van der Waals surface area (Å²) >= 11 is 0. The zero-order valence-corrected chi connectivity index (χ0v) is 9.64. The molecule has 1 aliphatic heterocycles. The Hall–Kier alpha value is -1.42. The van der Waals surface area contributed by atoms with E-state index in [0.717, 1.165) is 0 Å². The summed E-state index contributed by atoms with van der Waals surface area (Å²) in [5.41, 5.74) is 0.239. The fourth-order valence-electron chi connectivity index (χ4n) is 1.84. The molecule has 0 bridgehead atoms. The van der Waals surface area contributed by atoms with Crippen molar-refractivity contribution in [2.24, 2.45) is 0 Å². The third-order valence-corrected chi connectivity index (χ3v) is 2.60. The standard InChI is InChI=1S/C12H16N2O2/c1-12(2)9-14(7-8-16-12)11(15)10-5-3-4-6-13-10/h3-6H,7-9H2,1-2H3. The van der Waals surface area contributed by atoms with Crippen LogP contribution in [0.15, 0.2) is 24.4 Å². The van der Waals surface area contributed by atoms with E-state index in [-0.39, 0.29) is 11.5 Å². The van der Waals surface area contributed by atoms with Crippen LogP contribution in [0.4, 0.5) is 0 Å². The van der Waals surface area contributed by atoms with Gasteiger partial charge in [0.25, 0.3) is 5.91 Å². The van der Waals surface area contributed by atoms with Crippen LogP contribution in [0.3, 0.4) is 0 Å². The highest BCUT2D eigenvalue weighted by Gasteiger charge is 2.30. The Labute approximate surface area is 95.2 Å². The van der Waals surface area contributed by atoms with E-state index < -0.39 is 0 Å². The third-order valence-electron chi connectivity index (χ3n) is 2.60. The molecule has 0 saturated carbocycles. The molecule has 4 nitrogen and oxygen atoms in total. The number of hydrogen-bond donors (Lipinski definition) is 0. The van der Waals surface area contributed by atoms with Gasteiger partial charge in [0.05, 0.1) is 12.2 Å². The quantitative estimate of drug-likeness (QED) is 0.717. The summed E-state index contributed by atoms with van der Waals surface area (Å²) in [4.78, 5) is 18.0. The lowest BCUT2D eigenvalue weighted by molar-refractivity contribution is -0.0765. The molecular formula is C12H16N2O2. The van der Waals surface area contributed by atoms with Gasteiger partial charge in [-0.3, -0.25) is 9.78 Å². The number of rotatable bonds is 1. The second-order valence-electron chi connectivity index (χ2n) is 4.55. The summed E-state index contributed by atoms with van der Waals surface area (Å²) in [6.07, 6.45) is 1.64. The largest absolute Gasteiger partial charge is 0.372 e. The summed E-state index contributed by atoms with van der Waals surface area (Å²) in [6.45, 7) is 5.82. The minimum absolute atomic E-state index is 0.0167. The average molecular weight is 220 g/mol. The van der Waals surface area contributed by atoms with Crippen molar-refractivity contribution in [3.05, 3.63) is 30.1 Å². The molecule has 0 radical (unpaired) electrons. The predicted molar refractivity (Wildman–Crippen MR) is 60.2 cm³/mol. The number of ether oxygens (including phenoxy) is 1. The highest BCUT2D eigenvalue weighted by Crippen LogP contribution is 2.17. The summed E-state index contributed by atoms with van der Waals surface area (Å²) in [6, 6.07) is 5.37. The lowest BCUT2D eigenvalue weighted by Gasteiger charge is -2.37. The van der Waals surface area contributed by atoms with Gasteiger partial charge < -0.3 is 9.64 Å². The molecular weight excluding hydrogens is 204 g/mol. The van der Waals surface area contributed by atoms with Crippen LogP contribution < -0.4 is 0 Å². The predicted octanol–water partition coefficient (Wildman–Crippen LogP) is 1.33. The van der Waals surface area contributed by atoms with Crippen molar-refractivity contribution in [1.82, 2.24) is 9.88 Å². The van der Waals surface area contributed by atoms with E-state index in [1.54, 1.807) is 23.2 Å². The molecule has 1 saturated heterocycles. The van der Waals surface area contributed by atoms with Gasteiger partial charge in [-0.2, -0.15) is 0 Å². The fraction of sp³-hybridized carbons (Fsp3) is 0.500. The zero-order chi connectivity index (χ0) is 11.6. The summed E-state index contributed by atoms with van der Waals surface area (Å²) in [5.74, 6) is -0.0167. The Balaban J connectivity index is 2.11. The van der Waals surface area contributed by atoms with Crippen molar-refractivity contribution in [3.63, 3.8) is 0 Å². The lowest BCUT2D eigenvalue weighted by Crippen LogP contribution is -2.50. The normalized spacial score (nSPS) is 19.5. The molecule has 0 atom stereocenters. The van der Waals surface area contributed by atoms with Gasteiger partial charge >= 0.3 is 0 Å². The van der Waals surface area contributed by atoms with Gasteiger partial charge in [-0.25, -0.2) is 0 Å². The Morgan fingerprint density at radius 3 is 2.94 bits per heavy atom. The number of carbonyl (C=O) groups is 1. The van der Waals surface area contributed by atoms with Crippen LogP contribution in [0, 0.1) is 0 Å². The molecule has 0 aliphatic carbocycles. The molecule has 0 unspecified atom stereocenters. The fourth-order valence-corrected chi connectivity index (χ4v) is 1.84. The molecule has 0 spiro atoms. The highest BCUT2D eigenvalue weighted by molar-refractivity contribution is 5.92. The van der Waals surface area contributed by atoms with E-state index in [2.05, 4.69) is 4.98 Å². The van der Waals surface area contributed by atoms with E-state index in [0.29, 0.717) is 25.4 Å². The van der Waals surface area contributed by atoms with Gasteiger partial charge in [0, 0.05) is 19.3 Å². The minimum atomic E-state index is -0.261. The first kappa shape index (κ1) is 11.1. The number of aromatic nitrogens is 1.